The first-order valence-electron chi connectivity index (χ1n) is 8.98. The Morgan fingerprint density at radius 2 is 1.93 bits per heavy atom. The number of ether oxygens (including phenoxy) is 1. The molecule has 0 bridgehead atoms. The van der Waals surface area contributed by atoms with Gasteiger partial charge in [0.05, 0.1) is 7.11 Å². The summed E-state index contributed by atoms with van der Waals surface area (Å²) in [5.41, 5.74) is 0.487. The molecule has 0 saturated carbocycles. The lowest BCUT2D eigenvalue weighted by molar-refractivity contribution is -0.135. The molecule has 0 spiro atoms. The number of methoxy groups -OCH3 is 1. The zero-order valence-corrected chi connectivity index (χ0v) is 15.6. The largest absolute Gasteiger partial charge is 0.493 e. The zero-order chi connectivity index (χ0) is 20.4. The van der Waals surface area contributed by atoms with E-state index in [0.29, 0.717) is 31.9 Å². The van der Waals surface area contributed by atoms with Crippen molar-refractivity contribution in [2.24, 2.45) is 5.92 Å². The van der Waals surface area contributed by atoms with E-state index in [-0.39, 0.29) is 18.1 Å². The number of urea groups is 1. The summed E-state index contributed by atoms with van der Waals surface area (Å²) in [6, 6.07) is 1.28. The number of imide groups is 1. The zero-order valence-electron chi connectivity index (χ0n) is 15.6. The smallest absolute Gasteiger partial charge is 0.322 e. The molecule has 2 atom stereocenters. The van der Waals surface area contributed by atoms with E-state index in [0.717, 1.165) is 6.07 Å². The SMILES string of the molecule is COc1cc(N2CCN(C(=O)[C@@H](C)C[C@H]3NC(=O)NC3=O)CC2)cc(F)c1F. The van der Waals surface area contributed by atoms with Gasteiger partial charge in [0.15, 0.2) is 11.6 Å². The van der Waals surface area contributed by atoms with Crippen LogP contribution in [0.1, 0.15) is 13.3 Å². The molecule has 2 saturated heterocycles. The van der Waals surface area contributed by atoms with Gasteiger partial charge in [-0.2, -0.15) is 4.39 Å². The van der Waals surface area contributed by atoms with Gasteiger partial charge in [-0.05, 0) is 6.42 Å². The molecule has 1 aromatic rings. The van der Waals surface area contributed by atoms with Crippen molar-refractivity contribution in [1.29, 1.82) is 0 Å². The maximum absolute atomic E-state index is 13.7. The number of hydrogen-bond acceptors (Lipinski definition) is 5. The van der Waals surface area contributed by atoms with Crippen LogP contribution in [0.15, 0.2) is 12.1 Å². The Hall–Kier alpha value is -2.91. The summed E-state index contributed by atoms with van der Waals surface area (Å²) < 4.78 is 32.2. The first-order chi connectivity index (χ1) is 13.3. The molecule has 0 aliphatic carbocycles. The van der Waals surface area contributed by atoms with E-state index in [1.165, 1.54) is 13.2 Å². The molecule has 1 aromatic carbocycles. The van der Waals surface area contributed by atoms with Crippen LogP contribution in [0.25, 0.3) is 0 Å². The van der Waals surface area contributed by atoms with Gasteiger partial charge in [-0.25, -0.2) is 9.18 Å². The average molecular weight is 396 g/mol. The van der Waals surface area contributed by atoms with E-state index in [4.69, 9.17) is 4.74 Å². The number of piperazine rings is 1. The number of nitrogens with one attached hydrogen (secondary N) is 2. The van der Waals surface area contributed by atoms with Crippen molar-refractivity contribution in [2.75, 3.05) is 38.2 Å². The molecule has 3 rings (SSSR count). The minimum absolute atomic E-state index is 0.114. The number of anilines is 1. The van der Waals surface area contributed by atoms with Gasteiger partial charge in [-0.15, -0.1) is 0 Å². The molecule has 0 radical (unpaired) electrons. The van der Waals surface area contributed by atoms with Crippen LogP contribution >= 0.6 is 0 Å². The van der Waals surface area contributed by atoms with Gasteiger partial charge in [0.2, 0.25) is 11.7 Å². The highest BCUT2D eigenvalue weighted by Crippen LogP contribution is 2.28. The molecule has 0 unspecified atom stereocenters. The maximum Gasteiger partial charge on any atom is 0.322 e. The van der Waals surface area contributed by atoms with E-state index < -0.39 is 35.5 Å². The summed E-state index contributed by atoms with van der Waals surface area (Å²) in [6.45, 7) is 3.44. The van der Waals surface area contributed by atoms with Crippen molar-refractivity contribution >= 4 is 23.5 Å². The number of halogens is 2. The molecule has 28 heavy (non-hydrogen) atoms. The Balaban J connectivity index is 1.57. The fourth-order valence-electron chi connectivity index (χ4n) is 3.46. The highest BCUT2D eigenvalue weighted by Gasteiger charge is 2.34. The highest BCUT2D eigenvalue weighted by molar-refractivity contribution is 6.04. The van der Waals surface area contributed by atoms with E-state index in [2.05, 4.69) is 10.6 Å². The summed E-state index contributed by atoms with van der Waals surface area (Å²) in [5.74, 6) is -3.17. The number of hydrogen-bond donors (Lipinski definition) is 2. The van der Waals surface area contributed by atoms with Gasteiger partial charge in [0.1, 0.15) is 6.04 Å². The summed E-state index contributed by atoms with van der Waals surface area (Å²) >= 11 is 0. The summed E-state index contributed by atoms with van der Waals surface area (Å²) in [7, 11) is 1.27. The van der Waals surface area contributed by atoms with Gasteiger partial charge in [0.25, 0.3) is 5.91 Å². The van der Waals surface area contributed by atoms with Gasteiger partial charge in [-0.1, -0.05) is 6.92 Å². The molecule has 2 aliphatic heterocycles. The third-order valence-electron chi connectivity index (χ3n) is 5.03. The summed E-state index contributed by atoms with van der Waals surface area (Å²) in [5, 5.41) is 4.63. The third kappa shape index (κ3) is 4.00. The van der Waals surface area contributed by atoms with Crippen molar-refractivity contribution in [3.63, 3.8) is 0 Å². The maximum atomic E-state index is 13.7. The summed E-state index contributed by atoms with van der Waals surface area (Å²) in [6.07, 6.45) is 0.219. The minimum Gasteiger partial charge on any atom is -0.493 e. The lowest BCUT2D eigenvalue weighted by Gasteiger charge is -2.37. The third-order valence-corrected chi connectivity index (χ3v) is 5.03. The molecule has 2 N–H and O–H groups in total. The molecule has 152 valence electrons. The van der Waals surface area contributed by atoms with Crippen molar-refractivity contribution in [3.05, 3.63) is 23.8 Å². The van der Waals surface area contributed by atoms with Gasteiger partial charge >= 0.3 is 6.03 Å². The van der Waals surface area contributed by atoms with Crippen molar-refractivity contribution in [3.8, 4) is 5.75 Å². The Morgan fingerprint density at radius 1 is 1.25 bits per heavy atom. The second-order valence-corrected chi connectivity index (χ2v) is 6.91. The predicted molar refractivity (Wildman–Crippen MR) is 95.9 cm³/mol. The second kappa shape index (κ2) is 7.99. The van der Waals surface area contributed by atoms with Gasteiger partial charge in [0, 0.05) is 49.9 Å². The molecule has 4 amide bonds. The van der Waals surface area contributed by atoms with Crippen LogP contribution in [-0.2, 0) is 9.59 Å². The monoisotopic (exact) mass is 396 g/mol. The predicted octanol–water partition coefficient (Wildman–Crippen LogP) is 0.856. The second-order valence-electron chi connectivity index (χ2n) is 6.91. The van der Waals surface area contributed by atoms with Gasteiger partial charge in [-0.3, -0.25) is 14.9 Å². The normalized spacial score (nSPS) is 20.6. The topological polar surface area (TPSA) is 91.0 Å². The fourth-order valence-corrected chi connectivity index (χ4v) is 3.46. The number of benzene rings is 1. The Kier molecular flexibility index (Phi) is 5.66. The minimum atomic E-state index is -1.03. The number of carbonyl (C=O) groups excluding carboxylic acids is 3. The van der Waals surface area contributed by atoms with E-state index in [9.17, 15) is 23.2 Å². The van der Waals surface area contributed by atoms with E-state index in [1.807, 2.05) is 4.90 Å². The molecule has 8 nitrogen and oxygen atoms in total. The Labute approximate surface area is 160 Å². The quantitative estimate of drug-likeness (QED) is 0.721. The Bertz CT molecular complexity index is 796. The molecular weight excluding hydrogens is 374 g/mol. The number of carbonyl (C=O) groups is 3. The first-order valence-corrected chi connectivity index (χ1v) is 8.98. The van der Waals surface area contributed by atoms with E-state index >= 15 is 0 Å². The van der Waals surface area contributed by atoms with Crippen LogP contribution in [0, 0.1) is 17.6 Å². The molecule has 0 aromatic heterocycles. The molecular formula is C18H22F2N4O4. The Morgan fingerprint density at radius 3 is 2.50 bits per heavy atom. The number of nitrogens with zero attached hydrogens (tertiary/aromatic N) is 2. The molecule has 2 heterocycles. The molecule has 2 fully saturated rings. The van der Waals surface area contributed by atoms with Crippen LogP contribution in [0.5, 0.6) is 5.75 Å². The van der Waals surface area contributed by atoms with Crippen molar-refractivity contribution < 1.29 is 27.9 Å². The lowest BCUT2D eigenvalue weighted by Crippen LogP contribution is -2.50. The first kappa shape index (κ1) is 19.8. The van der Waals surface area contributed by atoms with Crippen LogP contribution in [0.2, 0.25) is 0 Å². The van der Waals surface area contributed by atoms with Crippen LogP contribution in [-0.4, -0.2) is 62.1 Å². The number of amides is 4. The lowest BCUT2D eigenvalue weighted by atomic mass is 10.00. The summed E-state index contributed by atoms with van der Waals surface area (Å²) in [4.78, 5) is 39.0. The van der Waals surface area contributed by atoms with Crippen LogP contribution < -0.4 is 20.3 Å². The van der Waals surface area contributed by atoms with Gasteiger partial charge < -0.3 is 19.9 Å². The van der Waals surface area contributed by atoms with Crippen molar-refractivity contribution in [1.82, 2.24) is 15.5 Å². The van der Waals surface area contributed by atoms with Crippen LogP contribution in [0.3, 0.4) is 0 Å². The van der Waals surface area contributed by atoms with Crippen LogP contribution in [0.4, 0.5) is 19.3 Å². The van der Waals surface area contributed by atoms with E-state index in [1.54, 1.807) is 11.8 Å². The number of rotatable bonds is 5. The fraction of sp³-hybridized carbons (Fsp3) is 0.500. The average Bonchev–Trinajstić information content (AvgIpc) is 3.00. The standard InChI is InChI=1S/C18H22F2N4O4/c1-10(7-13-16(25)22-18(27)21-13)17(26)24-5-3-23(4-6-24)11-8-12(19)15(20)14(9-11)28-2/h8-10,13H,3-7H2,1-2H3,(H2,21,22,25,27)/t10-,13+/m0/s1. The van der Waals surface area contributed by atoms with Crippen molar-refractivity contribution in [2.45, 2.75) is 19.4 Å². The molecule has 10 heteroatoms. The highest BCUT2D eigenvalue weighted by atomic mass is 19.2. The molecule has 2 aliphatic rings.